The molecule has 1 rings (SSSR count). The van der Waals surface area contributed by atoms with E-state index in [1.54, 1.807) is 0 Å². The van der Waals surface area contributed by atoms with Crippen molar-refractivity contribution in [1.29, 1.82) is 0 Å². The maximum atomic E-state index is 13.4. The average Bonchev–Trinajstić information content (AvgIpc) is 2.09. The van der Waals surface area contributed by atoms with Crippen molar-refractivity contribution in [1.82, 2.24) is 0 Å². The Morgan fingerprint density at radius 1 is 1.71 bits per heavy atom. The van der Waals surface area contributed by atoms with Crippen LogP contribution in [0.25, 0.3) is 0 Å². The summed E-state index contributed by atoms with van der Waals surface area (Å²) in [6.45, 7) is 2.36. The monoisotopic (exact) mass is 204 g/mol. The van der Waals surface area contributed by atoms with Crippen molar-refractivity contribution in [3.8, 4) is 0 Å². The molecule has 0 saturated heterocycles. The van der Waals surface area contributed by atoms with E-state index in [1.165, 1.54) is 13.8 Å². The van der Waals surface area contributed by atoms with Crippen LogP contribution in [0.4, 0.5) is 4.39 Å². The standard InChI is InChI=1S/C10H17FO3/c1-9(11)4-3-7(5-8(9)13)10(2,14)6-12/h7,12,14H,3-6H2,1-2H3/t7-,9+,10?/m1/s1. The number of halogens is 1. The Hall–Kier alpha value is -0.480. The number of carbonyl (C=O) groups excluding carboxylic acids is 1. The first-order valence-corrected chi connectivity index (χ1v) is 4.85. The lowest BCUT2D eigenvalue weighted by atomic mass is 9.73. The molecule has 1 fully saturated rings. The van der Waals surface area contributed by atoms with Gasteiger partial charge in [0.15, 0.2) is 11.5 Å². The van der Waals surface area contributed by atoms with Crippen LogP contribution in [0.5, 0.6) is 0 Å². The Labute approximate surface area is 82.9 Å². The quantitative estimate of drug-likeness (QED) is 0.700. The normalized spacial score (nSPS) is 38.1. The minimum absolute atomic E-state index is 0.0144. The molecule has 0 heterocycles. The van der Waals surface area contributed by atoms with E-state index in [4.69, 9.17) is 5.11 Å². The van der Waals surface area contributed by atoms with Crippen LogP contribution in [0.2, 0.25) is 0 Å². The van der Waals surface area contributed by atoms with Crippen LogP contribution in [0.1, 0.15) is 33.1 Å². The van der Waals surface area contributed by atoms with Crippen molar-refractivity contribution in [2.75, 3.05) is 6.61 Å². The van der Waals surface area contributed by atoms with E-state index in [0.717, 1.165) is 0 Å². The summed E-state index contributed by atoms with van der Waals surface area (Å²) in [5, 5.41) is 18.6. The number of carbonyl (C=O) groups is 1. The number of rotatable bonds is 2. The maximum absolute atomic E-state index is 13.4. The second-order valence-corrected chi connectivity index (χ2v) is 4.58. The number of aliphatic hydroxyl groups is 2. The zero-order chi connectivity index (χ0) is 11.0. The smallest absolute Gasteiger partial charge is 0.170 e. The number of Topliss-reactive ketones (excluding diaryl/α,β-unsaturated/α-hetero) is 1. The molecule has 0 radical (unpaired) electrons. The van der Waals surface area contributed by atoms with E-state index in [1.807, 2.05) is 0 Å². The topological polar surface area (TPSA) is 57.5 Å². The summed E-state index contributed by atoms with van der Waals surface area (Å²) in [7, 11) is 0. The van der Waals surface area contributed by atoms with Crippen LogP contribution in [-0.4, -0.2) is 33.9 Å². The van der Waals surface area contributed by atoms with Crippen LogP contribution in [-0.2, 0) is 4.79 Å². The van der Waals surface area contributed by atoms with Crippen LogP contribution in [0.15, 0.2) is 0 Å². The lowest BCUT2D eigenvalue weighted by Gasteiger charge is -2.37. The lowest BCUT2D eigenvalue weighted by molar-refractivity contribution is -0.140. The van der Waals surface area contributed by atoms with Gasteiger partial charge in [-0.3, -0.25) is 4.79 Å². The van der Waals surface area contributed by atoms with Crippen molar-refractivity contribution in [3.63, 3.8) is 0 Å². The van der Waals surface area contributed by atoms with E-state index in [2.05, 4.69) is 0 Å². The SMILES string of the molecule is CC(O)(CO)[C@@H]1CC[C@](C)(F)C(=O)C1. The molecule has 4 heteroatoms. The molecule has 2 N–H and O–H groups in total. The Morgan fingerprint density at radius 2 is 2.29 bits per heavy atom. The third-order valence-electron chi connectivity index (χ3n) is 3.18. The second-order valence-electron chi connectivity index (χ2n) is 4.58. The van der Waals surface area contributed by atoms with Crippen LogP contribution in [0.3, 0.4) is 0 Å². The third kappa shape index (κ3) is 2.12. The number of hydrogen-bond donors (Lipinski definition) is 2. The molecule has 14 heavy (non-hydrogen) atoms. The summed E-state index contributed by atoms with van der Waals surface area (Å²) in [6.07, 6.45) is 0.583. The van der Waals surface area contributed by atoms with Crippen molar-refractivity contribution < 1.29 is 19.4 Å². The van der Waals surface area contributed by atoms with Crippen molar-refractivity contribution >= 4 is 5.78 Å². The fourth-order valence-electron chi connectivity index (χ4n) is 1.78. The molecule has 82 valence electrons. The zero-order valence-electron chi connectivity index (χ0n) is 8.59. The van der Waals surface area contributed by atoms with Crippen molar-refractivity contribution in [2.24, 2.45) is 5.92 Å². The molecule has 1 aliphatic carbocycles. The largest absolute Gasteiger partial charge is 0.393 e. The Kier molecular flexibility index (Phi) is 2.97. The molecular weight excluding hydrogens is 187 g/mol. The summed E-state index contributed by atoms with van der Waals surface area (Å²) >= 11 is 0. The van der Waals surface area contributed by atoms with Gasteiger partial charge in [-0.05, 0) is 32.6 Å². The number of alkyl halides is 1. The first-order chi connectivity index (χ1) is 6.29. The Balaban J connectivity index is 2.68. The van der Waals surface area contributed by atoms with Gasteiger partial charge in [0.2, 0.25) is 0 Å². The fourth-order valence-corrected chi connectivity index (χ4v) is 1.78. The summed E-state index contributed by atoms with van der Waals surface area (Å²) in [5.74, 6) is -0.800. The molecule has 1 saturated carbocycles. The summed E-state index contributed by atoms with van der Waals surface area (Å²) < 4.78 is 13.4. The molecule has 3 nitrogen and oxygen atoms in total. The Morgan fingerprint density at radius 3 is 2.71 bits per heavy atom. The maximum Gasteiger partial charge on any atom is 0.170 e. The van der Waals surface area contributed by atoms with Gasteiger partial charge in [0, 0.05) is 6.42 Å². The molecule has 0 bridgehead atoms. The van der Waals surface area contributed by atoms with E-state index < -0.39 is 23.7 Å². The highest BCUT2D eigenvalue weighted by atomic mass is 19.1. The van der Waals surface area contributed by atoms with Gasteiger partial charge in [-0.2, -0.15) is 0 Å². The lowest BCUT2D eigenvalue weighted by Crippen LogP contribution is -2.46. The van der Waals surface area contributed by atoms with Gasteiger partial charge in [0.1, 0.15) is 0 Å². The molecule has 0 spiro atoms. The summed E-state index contributed by atoms with van der Waals surface area (Å²) in [6, 6.07) is 0. The van der Waals surface area contributed by atoms with E-state index in [0.29, 0.717) is 6.42 Å². The van der Waals surface area contributed by atoms with Gasteiger partial charge >= 0.3 is 0 Å². The Bertz CT molecular complexity index is 236. The van der Waals surface area contributed by atoms with Crippen molar-refractivity contribution in [3.05, 3.63) is 0 Å². The first kappa shape index (κ1) is 11.6. The first-order valence-electron chi connectivity index (χ1n) is 4.85. The predicted molar refractivity (Wildman–Crippen MR) is 49.6 cm³/mol. The highest BCUT2D eigenvalue weighted by Gasteiger charge is 2.44. The van der Waals surface area contributed by atoms with Crippen LogP contribution >= 0.6 is 0 Å². The molecule has 0 aromatic carbocycles. The van der Waals surface area contributed by atoms with E-state index in [9.17, 15) is 14.3 Å². The molecule has 0 amide bonds. The van der Waals surface area contributed by atoms with E-state index in [-0.39, 0.29) is 18.8 Å². The predicted octanol–water partition coefficient (Wildman–Crippen LogP) is 0.827. The highest BCUT2D eigenvalue weighted by molar-refractivity contribution is 5.87. The van der Waals surface area contributed by atoms with Crippen molar-refractivity contribution in [2.45, 2.75) is 44.4 Å². The molecule has 3 atom stereocenters. The molecule has 1 aliphatic rings. The molecule has 1 unspecified atom stereocenters. The number of aliphatic hydroxyl groups excluding tert-OH is 1. The molecule has 0 aromatic heterocycles. The van der Waals surface area contributed by atoms with Crippen LogP contribution in [0, 0.1) is 5.92 Å². The fraction of sp³-hybridized carbons (Fsp3) is 0.900. The minimum atomic E-state index is -1.75. The number of hydrogen-bond acceptors (Lipinski definition) is 3. The molecule has 0 aromatic rings. The average molecular weight is 204 g/mol. The van der Waals surface area contributed by atoms with Gasteiger partial charge in [0.25, 0.3) is 0 Å². The molecule has 0 aliphatic heterocycles. The third-order valence-corrected chi connectivity index (χ3v) is 3.18. The van der Waals surface area contributed by atoms with Gasteiger partial charge < -0.3 is 10.2 Å². The van der Waals surface area contributed by atoms with Gasteiger partial charge in [-0.25, -0.2) is 4.39 Å². The number of ketones is 1. The van der Waals surface area contributed by atoms with Gasteiger partial charge in [0.05, 0.1) is 12.2 Å². The minimum Gasteiger partial charge on any atom is -0.393 e. The van der Waals surface area contributed by atoms with Gasteiger partial charge in [-0.15, -0.1) is 0 Å². The highest BCUT2D eigenvalue weighted by Crippen LogP contribution is 2.37. The second kappa shape index (κ2) is 3.59. The zero-order valence-corrected chi connectivity index (χ0v) is 8.59. The summed E-state index contributed by atoms with van der Waals surface area (Å²) in [5.41, 5.74) is -3.02. The summed E-state index contributed by atoms with van der Waals surface area (Å²) in [4.78, 5) is 11.3. The van der Waals surface area contributed by atoms with E-state index >= 15 is 0 Å². The van der Waals surface area contributed by atoms with Crippen LogP contribution < -0.4 is 0 Å². The van der Waals surface area contributed by atoms with Gasteiger partial charge in [-0.1, -0.05) is 0 Å². The molecular formula is C10H17FO3.